The average molecular weight is 476 g/mol. The van der Waals surface area contributed by atoms with E-state index in [1.807, 2.05) is 31.2 Å². The summed E-state index contributed by atoms with van der Waals surface area (Å²) >= 11 is 7.16. The molecule has 32 heavy (non-hydrogen) atoms. The molecule has 3 rings (SSSR count). The molecule has 0 radical (unpaired) electrons. The van der Waals surface area contributed by atoms with Crippen LogP contribution in [0.1, 0.15) is 19.7 Å². The number of amides is 3. The van der Waals surface area contributed by atoms with Gasteiger partial charge in [0.25, 0.3) is 0 Å². The van der Waals surface area contributed by atoms with Crippen LogP contribution < -0.4 is 20.5 Å². The summed E-state index contributed by atoms with van der Waals surface area (Å²) in [4.78, 5) is 23.1. The van der Waals surface area contributed by atoms with E-state index >= 15 is 0 Å². The minimum atomic E-state index is -0.911. The molecule has 1 unspecified atom stereocenters. The van der Waals surface area contributed by atoms with Crippen molar-refractivity contribution in [1.29, 1.82) is 0 Å². The molecular formula is C21H22ClN5O4S. The van der Waals surface area contributed by atoms with E-state index in [4.69, 9.17) is 26.8 Å². The Kier molecular flexibility index (Phi) is 7.96. The molecular weight excluding hydrogens is 454 g/mol. The van der Waals surface area contributed by atoms with Gasteiger partial charge in [-0.25, -0.2) is 4.79 Å². The van der Waals surface area contributed by atoms with Crippen LogP contribution >= 0.6 is 23.4 Å². The number of aromatic nitrogens is 3. The summed E-state index contributed by atoms with van der Waals surface area (Å²) in [6.07, 6.45) is 0. The molecule has 9 nitrogen and oxygen atoms in total. The van der Waals surface area contributed by atoms with E-state index < -0.39 is 17.2 Å². The van der Waals surface area contributed by atoms with Crippen LogP contribution in [0.4, 0.5) is 4.79 Å². The number of imide groups is 1. The molecule has 0 fully saturated rings. The van der Waals surface area contributed by atoms with Gasteiger partial charge in [0.05, 0.1) is 11.9 Å². The number of nitrogens with one attached hydrogen (secondary N) is 1. The van der Waals surface area contributed by atoms with Gasteiger partial charge >= 0.3 is 6.03 Å². The first kappa shape index (κ1) is 23.4. The molecule has 0 bridgehead atoms. The standard InChI is InChI=1S/C21H22ClN5O4S/c1-3-30-16-8-10-17(11-9-16)31-12-18-25-26-21(32-13(2)19(28)24-20(23)29)27(18)15-6-4-14(22)5-7-15/h4-11,13H,3,12H2,1-2H3,(H3,23,24,28,29). The Balaban J connectivity index is 1.83. The highest BCUT2D eigenvalue weighted by Gasteiger charge is 2.22. The Labute approximate surface area is 194 Å². The third kappa shape index (κ3) is 6.14. The quantitative estimate of drug-likeness (QED) is 0.453. The first-order chi connectivity index (χ1) is 15.4. The fourth-order valence-corrected chi connectivity index (χ4v) is 3.71. The molecule has 2 aromatic carbocycles. The third-order valence-corrected chi connectivity index (χ3v) is 5.48. The molecule has 0 aliphatic rings. The number of rotatable bonds is 9. The lowest BCUT2D eigenvalue weighted by Crippen LogP contribution is -2.39. The fourth-order valence-electron chi connectivity index (χ4n) is 2.70. The van der Waals surface area contributed by atoms with Crippen LogP contribution in [0.5, 0.6) is 11.5 Å². The van der Waals surface area contributed by atoms with Crippen molar-refractivity contribution in [2.45, 2.75) is 30.9 Å². The Morgan fingerprint density at radius 3 is 2.31 bits per heavy atom. The van der Waals surface area contributed by atoms with E-state index in [-0.39, 0.29) is 6.61 Å². The minimum Gasteiger partial charge on any atom is -0.494 e. The number of hydrogen-bond donors (Lipinski definition) is 2. The second-order valence-corrected chi connectivity index (χ2v) is 8.26. The van der Waals surface area contributed by atoms with Gasteiger partial charge in [0.1, 0.15) is 18.1 Å². The molecule has 0 saturated carbocycles. The summed E-state index contributed by atoms with van der Waals surface area (Å²) in [5, 5.41) is 10.9. The minimum absolute atomic E-state index is 0.131. The highest BCUT2D eigenvalue weighted by Crippen LogP contribution is 2.27. The molecule has 0 saturated heterocycles. The highest BCUT2D eigenvalue weighted by molar-refractivity contribution is 8.00. The fraction of sp³-hybridized carbons (Fsp3) is 0.238. The maximum Gasteiger partial charge on any atom is 0.318 e. The number of primary amides is 1. The zero-order valence-electron chi connectivity index (χ0n) is 17.4. The van der Waals surface area contributed by atoms with Gasteiger partial charge in [-0.05, 0) is 62.4 Å². The van der Waals surface area contributed by atoms with Crippen molar-refractivity contribution in [1.82, 2.24) is 20.1 Å². The smallest absolute Gasteiger partial charge is 0.318 e. The van der Waals surface area contributed by atoms with E-state index in [0.717, 1.165) is 23.2 Å². The molecule has 0 aliphatic carbocycles. The van der Waals surface area contributed by atoms with Crippen molar-refractivity contribution in [3.05, 3.63) is 59.4 Å². The zero-order chi connectivity index (χ0) is 23.1. The number of nitrogens with two attached hydrogens (primary N) is 1. The molecule has 1 heterocycles. The summed E-state index contributed by atoms with van der Waals surface area (Å²) in [7, 11) is 0. The number of carbonyl (C=O) groups excluding carboxylic acids is 2. The van der Waals surface area contributed by atoms with E-state index in [9.17, 15) is 9.59 Å². The van der Waals surface area contributed by atoms with Crippen molar-refractivity contribution < 1.29 is 19.1 Å². The normalized spacial score (nSPS) is 11.6. The van der Waals surface area contributed by atoms with Crippen LogP contribution in [-0.4, -0.2) is 38.6 Å². The van der Waals surface area contributed by atoms with Crippen LogP contribution in [0.15, 0.2) is 53.7 Å². The van der Waals surface area contributed by atoms with Crippen LogP contribution in [-0.2, 0) is 11.4 Å². The topological polar surface area (TPSA) is 121 Å². The van der Waals surface area contributed by atoms with Gasteiger partial charge in [0.2, 0.25) is 5.91 Å². The van der Waals surface area contributed by atoms with E-state index in [1.165, 1.54) is 0 Å². The summed E-state index contributed by atoms with van der Waals surface area (Å²) in [6.45, 7) is 4.27. The van der Waals surface area contributed by atoms with Crippen molar-refractivity contribution in [3.8, 4) is 17.2 Å². The maximum atomic E-state index is 12.1. The van der Waals surface area contributed by atoms with Crippen molar-refractivity contribution in [2.75, 3.05) is 6.61 Å². The molecule has 168 valence electrons. The number of hydrogen-bond acceptors (Lipinski definition) is 7. The van der Waals surface area contributed by atoms with E-state index in [0.29, 0.717) is 28.4 Å². The molecule has 1 aromatic heterocycles. The highest BCUT2D eigenvalue weighted by atomic mass is 35.5. The van der Waals surface area contributed by atoms with E-state index in [2.05, 4.69) is 15.5 Å². The van der Waals surface area contributed by atoms with Gasteiger partial charge in [-0.15, -0.1) is 10.2 Å². The summed E-state index contributed by atoms with van der Waals surface area (Å²) in [5.74, 6) is 1.39. The van der Waals surface area contributed by atoms with E-state index in [1.54, 1.807) is 35.8 Å². The van der Waals surface area contributed by atoms with Gasteiger partial charge in [-0.3, -0.25) is 14.7 Å². The molecule has 1 atom stereocenters. The molecule has 3 aromatic rings. The van der Waals surface area contributed by atoms with Crippen LogP contribution in [0.3, 0.4) is 0 Å². The van der Waals surface area contributed by atoms with Crippen molar-refractivity contribution in [2.24, 2.45) is 5.73 Å². The second kappa shape index (κ2) is 10.9. The average Bonchev–Trinajstić information content (AvgIpc) is 3.16. The predicted molar refractivity (Wildman–Crippen MR) is 121 cm³/mol. The van der Waals surface area contributed by atoms with Gasteiger partial charge in [-0.2, -0.15) is 0 Å². The summed E-state index contributed by atoms with van der Waals surface area (Å²) in [6, 6.07) is 13.4. The number of carbonyl (C=O) groups is 2. The summed E-state index contributed by atoms with van der Waals surface area (Å²) in [5.41, 5.74) is 5.78. The number of ether oxygens (including phenoxy) is 2. The Bertz CT molecular complexity index is 1070. The second-order valence-electron chi connectivity index (χ2n) is 6.52. The van der Waals surface area contributed by atoms with Crippen molar-refractivity contribution in [3.63, 3.8) is 0 Å². The largest absolute Gasteiger partial charge is 0.494 e. The first-order valence-corrected chi connectivity index (χ1v) is 11.0. The first-order valence-electron chi connectivity index (χ1n) is 9.70. The maximum absolute atomic E-state index is 12.1. The van der Waals surface area contributed by atoms with Crippen LogP contribution in [0.2, 0.25) is 5.02 Å². The SMILES string of the molecule is CCOc1ccc(OCc2nnc(SC(C)C(=O)NC(N)=O)n2-c2ccc(Cl)cc2)cc1. The number of halogens is 1. The number of thioether (sulfide) groups is 1. The zero-order valence-corrected chi connectivity index (χ0v) is 19.0. The van der Waals surface area contributed by atoms with Crippen LogP contribution in [0, 0.1) is 0 Å². The molecule has 3 amide bonds. The summed E-state index contributed by atoms with van der Waals surface area (Å²) < 4.78 is 13.1. The lowest BCUT2D eigenvalue weighted by atomic mass is 10.3. The Morgan fingerprint density at radius 2 is 1.72 bits per heavy atom. The van der Waals surface area contributed by atoms with Gasteiger partial charge in [0.15, 0.2) is 11.0 Å². The van der Waals surface area contributed by atoms with Gasteiger partial charge < -0.3 is 15.2 Å². The predicted octanol–water partition coefficient (Wildman–Crippen LogP) is 3.57. The third-order valence-electron chi connectivity index (χ3n) is 4.19. The van der Waals surface area contributed by atoms with Gasteiger partial charge in [-0.1, -0.05) is 23.4 Å². The van der Waals surface area contributed by atoms with Gasteiger partial charge in [0, 0.05) is 10.7 Å². The molecule has 3 N–H and O–H groups in total. The lowest BCUT2D eigenvalue weighted by molar-refractivity contribution is -0.119. The monoisotopic (exact) mass is 475 g/mol. The number of urea groups is 1. The molecule has 11 heteroatoms. The number of nitrogens with zero attached hydrogens (tertiary/aromatic N) is 3. The Morgan fingerprint density at radius 1 is 1.09 bits per heavy atom. The van der Waals surface area contributed by atoms with Crippen molar-refractivity contribution >= 4 is 35.3 Å². The molecule has 0 aliphatic heterocycles. The molecule has 0 spiro atoms. The lowest BCUT2D eigenvalue weighted by Gasteiger charge is -2.13. The van der Waals surface area contributed by atoms with Crippen LogP contribution in [0.25, 0.3) is 5.69 Å². The number of benzene rings is 2. The Hall–Kier alpha value is -3.24.